The Morgan fingerprint density at radius 2 is 1.76 bits per heavy atom. The van der Waals surface area contributed by atoms with Crippen molar-refractivity contribution in [3.8, 4) is 23.0 Å². The molecule has 4 rings (SSSR count). The first-order chi connectivity index (χ1) is 12.3. The molecule has 0 saturated carbocycles. The molecule has 1 N–H and O–H groups in total. The summed E-state index contributed by atoms with van der Waals surface area (Å²) in [6.45, 7) is 6.43. The molecule has 0 aliphatic carbocycles. The Bertz CT molecular complexity index is 775. The maximum Gasteiger partial charge on any atom is 0.231 e. The van der Waals surface area contributed by atoms with Crippen molar-refractivity contribution in [2.45, 2.75) is 26.3 Å². The molecule has 1 atom stereocenters. The van der Waals surface area contributed by atoms with E-state index in [-0.39, 0.29) is 6.04 Å². The third-order valence-corrected chi connectivity index (χ3v) is 4.59. The van der Waals surface area contributed by atoms with Crippen LogP contribution in [0, 0.1) is 0 Å². The van der Waals surface area contributed by atoms with Crippen molar-refractivity contribution in [3.63, 3.8) is 0 Å². The van der Waals surface area contributed by atoms with E-state index in [0.29, 0.717) is 20.0 Å². The van der Waals surface area contributed by atoms with Crippen molar-refractivity contribution < 1.29 is 18.9 Å². The fourth-order valence-corrected chi connectivity index (χ4v) is 3.49. The molecule has 0 aromatic heterocycles. The molecule has 0 saturated heterocycles. The Kier molecular flexibility index (Phi) is 4.40. The highest BCUT2D eigenvalue weighted by molar-refractivity contribution is 5.53. The number of benzene rings is 2. The Labute approximate surface area is 147 Å². The average molecular weight is 341 g/mol. The molecule has 5 nitrogen and oxygen atoms in total. The van der Waals surface area contributed by atoms with Crippen molar-refractivity contribution in [2.24, 2.45) is 0 Å². The topological polar surface area (TPSA) is 49.0 Å². The number of nitrogens with one attached hydrogen (secondary N) is 1. The highest BCUT2D eigenvalue weighted by Gasteiger charge is 2.26. The SMILES string of the molecule is CCOc1cc2c(cc1OCC)C(c1ccc3c(c1)OCO3)NCC2. The minimum atomic E-state index is 0.105. The summed E-state index contributed by atoms with van der Waals surface area (Å²) in [5.74, 6) is 3.25. The van der Waals surface area contributed by atoms with Gasteiger partial charge >= 0.3 is 0 Å². The Balaban J connectivity index is 1.74. The van der Waals surface area contributed by atoms with Crippen LogP contribution in [0.3, 0.4) is 0 Å². The van der Waals surface area contributed by atoms with E-state index in [9.17, 15) is 0 Å². The summed E-state index contributed by atoms with van der Waals surface area (Å²) in [6, 6.07) is 10.5. The Morgan fingerprint density at radius 1 is 1.00 bits per heavy atom. The largest absolute Gasteiger partial charge is 0.490 e. The first kappa shape index (κ1) is 16.1. The van der Waals surface area contributed by atoms with Gasteiger partial charge in [0, 0.05) is 6.54 Å². The van der Waals surface area contributed by atoms with Gasteiger partial charge in [-0.15, -0.1) is 0 Å². The normalized spacial score (nSPS) is 17.9. The molecule has 2 aromatic rings. The smallest absolute Gasteiger partial charge is 0.231 e. The summed E-state index contributed by atoms with van der Waals surface area (Å²) in [4.78, 5) is 0. The van der Waals surface area contributed by atoms with Gasteiger partial charge in [-0.2, -0.15) is 0 Å². The molecule has 2 aliphatic heterocycles. The number of rotatable bonds is 5. The van der Waals surface area contributed by atoms with E-state index in [1.807, 2.05) is 19.9 Å². The van der Waals surface area contributed by atoms with Crippen LogP contribution in [0.5, 0.6) is 23.0 Å². The quantitative estimate of drug-likeness (QED) is 0.903. The van der Waals surface area contributed by atoms with Gasteiger partial charge in [-0.05, 0) is 61.2 Å². The van der Waals surface area contributed by atoms with E-state index >= 15 is 0 Å². The van der Waals surface area contributed by atoms with Crippen LogP contribution in [0.15, 0.2) is 30.3 Å². The van der Waals surface area contributed by atoms with Gasteiger partial charge in [0.2, 0.25) is 6.79 Å². The number of hydrogen-bond donors (Lipinski definition) is 1. The molecule has 0 amide bonds. The molecule has 2 aliphatic rings. The summed E-state index contributed by atoms with van der Waals surface area (Å²) in [5, 5.41) is 3.61. The van der Waals surface area contributed by atoms with Crippen molar-refractivity contribution in [1.82, 2.24) is 5.32 Å². The standard InChI is InChI=1S/C20H23NO4/c1-3-22-18-9-13-7-8-21-20(15(13)11-19(18)23-4-2)14-5-6-16-17(10-14)25-12-24-16/h5-6,9-11,20-21H,3-4,7-8,12H2,1-2H3. The second-order valence-corrected chi connectivity index (χ2v) is 6.11. The van der Waals surface area contributed by atoms with Crippen molar-refractivity contribution in [2.75, 3.05) is 26.6 Å². The van der Waals surface area contributed by atoms with Gasteiger partial charge in [0.15, 0.2) is 23.0 Å². The average Bonchev–Trinajstić information content (AvgIpc) is 3.10. The monoisotopic (exact) mass is 341 g/mol. The minimum absolute atomic E-state index is 0.105. The maximum atomic E-state index is 5.82. The fourth-order valence-electron chi connectivity index (χ4n) is 3.49. The van der Waals surface area contributed by atoms with Gasteiger partial charge < -0.3 is 24.3 Å². The number of ether oxygens (including phenoxy) is 4. The highest BCUT2D eigenvalue weighted by Crippen LogP contribution is 2.40. The minimum Gasteiger partial charge on any atom is -0.490 e. The van der Waals surface area contributed by atoms with Crippen LogP contribution >= 0.6 is 0 Å². The molecule has 0 bridgehead atoms. The lowest BCUT2D eigenvalue weighted by atomic mass is 9.89. The molecular weight excluding hydrogens is 318 g/mol. The van der Waals surface area contributed by atoms with Crippen LogP contribution in [0.1, 0.15) is 36.6 Å². The molecule has 0 fully saturated rings. The summed E-state index contributed by atoms with van der Waals surface area (Å²) in [5.41, 5.74) is 3.70. The van der Waals surface area contributed by atoms with Crippen LogP contribution in [0.2, 0.25) is 0 Å². The van der Waals surface area contributed by atoms with Crippen LogP contribution < -0.4 is 24.3 Å². The van der Waals surface area contributed by atoms with Gasteiger partial charge in [-0.25, -0.2) is 0 Å². The summed E-state index contributed by atoms with van der Waals surface area (Å²) in [7, 11) is 0. The van der Waals surface area contributed by atoms with E-state index in [0.717, 1.165) is 41.5 Å². The van der Waals surface area contributed by atoms with Crippen LogP contribution in [0.4, 0.5) is 0 Å². The van der Waals surface area contributed by atoms with Gasteiger partial charge in [0.25, 0.3) is 0 Å². The summed E-state index contributed by atoms with van der Waals surface area (Å²) < 4.78 is 22.6. The van der Waals surface area contributed by atoms with Crippen LogP contribution in [-0.2, 0) is 6.42 Å². The summed E-state index contributed by atoms with van der Waals surface area (Å²) in [6.07, 6.45) is 0.975. The molecular formula is C20H23NO4. The van der Waals surface area contributed by atoms with E-state index < -0.39 is 0 Å². The molecule has 25 heavy (non-hydrogen) atoms. The third kappa shape index (κ3) is 3.00. The predicted molar refractivity (Wildman–Crippen MR) is 94.9 cm³/mol. The van der Waals surface area contributed by atoms with Crippen molar-refractivity contribution >= 4 is 0 Å². The predicted octanol–water partition coefficient (Wildman–Crippen LogP) is 3.45. The fraction of sp³-hybridized carbons (Fsp3) is 0.400. The zero-order valence-corrected chi connectivity index (χ0v) is 14.6. The molecule has 2 heterocycles. The maximum absolute atomic E-state index is 5.82. The Morgan fingerprint density at radius 3 is 2.56 bits per heavy atom. The van der Waals surface area contributed by atoms with E-state index in [1.165, 1.54) is 11.1 Å². The summed E-state index contributed by atoms with van der Waals surface area (Å²) >= 11 is 0. The van der Waals surface area contributed by atoms with Gasteiger partial charge in [-0.1, -0.05) is 6.07 Å². The zero-order chi connectivity index (χ0) is 17.2. The lowest BCUT2D eigenvalue weighted by Crippen LogP contribution is -2.30. The second kappa shape index (κ2) is 6.84. The molecule has 2 aromatic carbocycles. The first-order valence-electron chi connectivity index (χ1n) is 8.85. The highest BCUT2D eigenvalue weighted by atomic mass is 16.7. The molecule has 1 unspecified atom stereocenters. The van der Waals surface area contributed by atoms with Gasteiger partial charge in [0.05, 0.1) is 19.3 Å². The van der Waals surface area contributed by atoms with Crippen LogP contribution in [-0.4, -0.2) is 26.6 Å². The molecule has 132 valence electrons. The first-order valence-corrected chi connectivity index (χ1v) is 8.85. The van der Waals surface area contributed by atoms with E-state index in [4.69, 9.17) is 18.9 Å². The lowest BCUT2D eigenvalue weighted by Gasteiger charge is -2.29. The van der Waals surface area contributed by atoms with Crippen molar-refractivity contribution in [3.05, 3.63) is 47.0 Å². The van der Waals surface area contributed by atoms with Gasteiger partial charge in [-0.3, -0.25) is 0 Å². The Hall–Kier alpha value is -2.40. The molecule has 5 heteroatoms. The third-order valence-electron chi connectivity index (χ3n) is 4.59. The number of fused-ring (bicyclic) bond motifs is 2. The van der Waals surface area contributed by atoms with Crippen molar-refractivity contribution in [1.29, 1.82) is 0 Å². The van der Waals surface area contributed by atoms with E-state index in [1.54, 1.807) is 0 Å². The zero-order valence-electron chi connectivity index (χ0n) is 14.6. The van der Waals surface area contributed by atoms with Crippen LogP contribution in [0.25, 0.3) is 0 Å². The van der Waals surface area contributed by atoms with Gasteiger partial charge in [0.1, 0.15) is 0 Å². The lowest BCUT2D eigenvalue weighted by molar-refractivity contribution is 0.174. The number of hydrogen-bond acceptors (Lipinski definition) is 5. The molecule has 0 radical (unpaired) electrons. The van der Waals surface area contributed by atoms with E-state index in [2.05, 4.69) is 29.6 Å². The second-order valence-electron chi connectivity index (χ2n) is 6.11. The molecule has 0 spiro atoms.